The van der Waals surface area contributed by atoms with Crippen LogP contribution in [0.1, 0.15) is 16.1 Å². The maximum absolute atomic E-state index is 12.4. The third kappa shape index (κ3) is 3.23. The van der Waals surface area contributed by atoms with Gasteiger partial charge >= 0.3 is 0 Å². The summed E-state index contributed by atoms with van der Waals surface area (Å²) in [7, 11) is 1.59. The van der Waals surface area contributed by atoms with E-state index in [4.69, 9.17) is 9.15 Å². The maximum Gasteiger partial charge on any atom is 0.278 e. The van der Waals surface area contributed by atoms with Crippen LogP contribution in [0.2, 0.25) is 0 Å². The van der Waals surface area contributed by atoms with Crippen LogP contribution < -0.4 is 10.1 Å². The van der Waals surface area contributed by atoms with Gasteiger partial charge in [-0.25, -0.2) is 4.98 Å². The Morgan fingerprint density at radius 2 is 1.96 bits per heavy atom. The fourth-order valence-electron chi connectivity index (χ4n) is 2.20. The zero-order valence-corrected chi connectivity index (χ0v) is 12.9. The fourth-order valence-corrected chi connectivity index (χ4v) is 2.20. The van der Waals surface area contributed by atoms with Crippen molar-refractivity contribution in [3.63, 3.8) is 0 Å². The van der Waals surface area contributed by atoms with Gasteiger partial charge in [0.1, 0.15) is 5.75 Å². The summed E-state index contributed by atoms with van der Waals surface area (Å²) in [5.74, 6) is 0.776. The second-order valence-electron chi connectivity index (χ2n) is 5.08. The highest BCUT2D eigenvalue weighted by molar-refractivity contribution is 6.06. The van der Waals surface area contributed by atoms with Crippen LogP contribution in [0.3, 0.4) is 0 Å². The van der Waals surface area contributed by atoms with Crippen LogP contribution in [0.5, 0.6) is 5.75 Å². The minimum absolute atomic E-state index is 0.235. The second kappa shape index (κ2) is 6.36. The van der Waals surface area contributed by atoms with Crippen molar-refractivity contribution >= 4 is 11.6 Å². The summed E-state index contributed by atoms with van der Waals surface area (Å²) >= 11 is 0. The van der Waals surface area contributed by atoms with E-state index in [0.29, 0.717) is 17.2 Å². The largest absolute Gasteiger partial charge is 0.497 e. The number of carbonyl (C=O) groups is 1. The predicted octanol–water partition coefficient (Wildman–Crippen LogP) is 3.91. The van der Waals surface area contributed by atoms with E-state index < -0.39 is 0 Å². The second-order valence-corrected chi connectivity index (χ2v) is 5.08. The van der Waals surface area contributed by atoms with Crippen LogP contribution >= 0.6 is 0 Å². The monoisotopic (exact) mass is 308 g/mol. The van der Waals surface area contributed by atoms with E-state index in [1.54, 1.807) is 13.2 Å². The van der Waals surface area contributed by atoms with Crippen molar-refractivity contribution in [2.45, 2.75) is 6.92 Å². The van der Waals surface area contributed by atoms with Gasteiger partial charge in [-0.2, -0.15) is 0 Å². The van der Waals surface area contributed by atoms with Crippen LogP contribution in [-0.2, 0) is 0 Å². The van der Waals surface area contributed by atoms with Gasteiger partial charge < -0.3 is 14.5 Å². The Morgan fingerprint density at radius 1 is 1.17 bits per heavy atom. The lowest BCUT2D eigenvalue weighted by molar-refractivity contribution is 0.102. The molecule has 1 aromatic heterocycles. The standard InChI is InChI=1S/C18H16N2O3/c1-12-6-8-14(9-7-12)20-18(21)16-17(23-11-19-16)13-4-3-5-15(10-13)22-2/h3-11H,1-2H3,(H,20,21). The van der Waals surface area contributed by atoms with E-state index in [9.17, 15) is 4.79 Å². The first-order valence-electron chi connectivity index (χ1n) is 7.13. The number of nitrogens with zero attached hydrogens (tertiary/aromatic N) is 1. The molecule has 0 aliphatic rings. The summed E-state index contributed by atoms with van der Waals surface area (Å²) < 4.78 is 10.6. The summed E-state index contributed by atoms with van der Waals surface area (Å²) in [4.78, 5) is 16.5. The van der Waals surface area contributed by atoms with Crippen molar-refractivity contribution < 1.29 is 13.9 Å². The molecule has 0 aliphatic heterocycles. The summed E-state index contributed by atoms with van der Waals surface area (Å²) in [6.45, 7) is 1.99. The quantitative estimate of drug-likeness (QED) is 0.793. The summed E-state index contributed by atoms with van der Waals surface area (Å²) in [6, 6.07) is 14.8. The molecule has 0 fully saturated rings. The molecule has 1 N–H and O–H groups in total. The van der Waals surface area contributed by atoms with Gasteiger partial charge in [-0.1, -0.05) is 29.8 Å². The molecule has 1 heterocycles. The Bertz CT molecular complexity index is 822. The molecule has 5 nitrogen and oxygen atoms in total. The van der Waals surface area contributed by atoms with Crippen molar-refractivity contribution in [1.82, 2.24) is 4.98 Å². The molecule has 0 bridgehead atoms. The molecule has 3 aromatic rings. The zero-order valence-electron chi connectivity index (χ0n) is 12.9. The van der Waals surface area contributed by atoms with Gasteiger partial charge in [-0.05, 0) is 31.2 Å². The Hall–Kier alpha value is -3.08. The van der Waals surface area contributed by atoms with Crippen LogP contribution in [0.4, 0.5) is 5.69 Å². The summed E-state index contributed by atoms with van der Waals surface area (Å²) in [6.07, 6.45) is 1.26. The van der Waals surface area contributed by atoms with E-state index in [1.807, 2.05) is 49.4 Å². The van der Waals surface area contributed by atoms with E-state index in [-0.39, 0.29) is 11.6 Å². The van der Waals surface area contributed by atoms with E-state index in [2.05, 4.69) is 10.3 Å². The van der Waals surface area contributed by atoms with Crippen molar-refractivity contribution in [2.24, 2.45) is 0 Å². The Kier molecular flexibility index (Phi) is 4.10. The number of benzene rings is 2. The predicted molar refractivity (Wildman–Crippen MR) is 87.6 cm³/mol. The number of rotatable bonds is 4. The number of ether oxygens (including phenoxy) is 1. The van der Waals surface area contributed by atoms with Gasteiger partial charge in [-0.3, -0.25) is 4.79 Å². The fraction of sp³-hybridized carbons (Fsp3) is 0.111. The first-order chi connectivity index (χ1) is 11.2. The average Bonchev–Trinajstić information content (AvgIpc) is 3.07. The molecule has 0 aliphatic carbocycles. The van der Waals surface area contributed by atoms with Crippen molar-refractivity contribution in [2.75, 3.05) is 12.4 Å². The highest BCUT2D eigenvalue weighted by Crippen LogP contribution is 2.27. The molecule has 5 heteroatoms. The number of methoxy groups -OCH3 is 1. The topological polar surface area (TPSA) is 64.4 Å². The molecule has 23 heavy (non-hydrogen) atoms. The highest BCUT2D eigenvalue weighted by atomic mass is 16.5. The van der Waals surface area contributed by atoms with E-state index in [1.165, 1.54) is 6.39 Å². The van der Waals surface area contributed by atoms with Gasteiger partial charge in [0.15, 0.2) is 17.8 Å². The number of hydrogen-bond acceptors (Lipinski definition) is 4. The highest BCUT2D eigenvalue weighted by Gasteiger charge is 2.18. The molecule has 116 valence electrons. The molecule has 0 unspecified atom stereocenters. The van der Waals surface area contributed by atoms with Crippen LogP contribution in [-0.4, -0.2) is 18.0 Å². The third-order valence-electron chi connectivity index (χ3n) is 3.42. The van der Waals surface area contributed by atoms with Crippen molar-refractivity contribution in [1.29, 1.82) is 0 Å². The number of aryl methyl sites for hydroxylation is 1. The SMILES string of the molecule is COc1cccc(-c2ocnc2C(=O)Nc2ccc(C)cc2)c1. The molecule has 0 saturated heterocycles. The van der Waals surface area contributed by atoms with Crippen LogP contribution in [0, 0.1) is 6.92 Å². The smallest absolute Gasteiger partial charge is 0.278 e. The number of nitrogens with one attached hydrogen (secondary N) is 1. The number of anilines is 1. The zero-order chi connectivity index (χ0) is 16.2. The van der Waals surface area contributed by atoms with Crippen LogP contribution in [0.25, 0.3) is 11.3 Å². The minimum Gasteiger partial charge on any atom is -0.497 e. The van der Waals surface area contributed by atoms with E-state index in [0.717, 1.165) is 11.1 Å². The average molecular weight is 308 g/mol. The number of hydrogen-bond donors (Lipinski definition) is 1. The van der Waals surface area contributed by atoms with Crippen molar-refractivity contribution in [3.8, 4) is 17.1 Å². The van der Waals surface area contributed by atoms with Crippen LogP contribution in [0.15, 0.2) is 59.3 Å². The molecule has 0 spiro atoms. The van der Waals surface area contributed by atoms with Gasteiger partial charge in [-0.15, -0.1) is 0 Å². The van der Waals surface area contributed by atoms with Crippen molar-refractivity contribution in [3.05, 3.63) is 66.2 Å². The number of amides is 1. The lowest BCUT2D eigenvalue weighted by Crippen LogP contribution is -2.13. The van der Waals surface area contributed by atoms with Gasteiger partial charge in [0.05, 0.1) is 7.11 Å². The first-order valence-corrected chi connectivity index (χ1v) is 7.13. The Balaban J connectivity index is 1.87. The maximum atomic E-state index is 12.4. The minimum atomic E-state index is -0.319. The lowest BCUT2D eigenvalue weighted by Gasteiger charge is -2.06. The normalized spacial score (nSPS) is 10.3. The molecule has 3 rings (SSSR count). The summed E-state index contributed by atoms with van der Waals surface area (Å²) in [5.41, 5.74) is 2.80. The number of oxazole rings is 1. The molecular weight excluding hydrogens is 292 g/mol. The molecular formula is C18H16N2O3. The first kappa shape index (κ1) is 14.8. The lowest BCUT2D eigenvalue weighted by atomic mass is 10.1. The van der Waals surface area contributed by atoms with Gasteiger partial charge in [0, 0.05) is 11.3 Å². The number of carbonyl (C=O) groups excluding carboxylic acids is 1. The van der Waals surface area contributed by atoms with Gasteiger partial charge in [0.2, 0.25) is 0 Å². The molecule has 2 aromatic carbocycles. The molecule has 0 radical (unpaired) electrons. The van der Waals surface area contributed by atoms with E-state index >= 15 is 0 Å². The molecule has 1 amide bonds. The Labute approximate surface area is 133 Å². The third-order valence-corrected chi connectivity index (χ3v) is 3.42. The molecule has 0 saturated carbocycles. The molecule has 0 atom stereocenters. The Morgan fingerprint density at radius 3 is 2.70 bits per heavy atom. The summed E-state index contributed by atoms with van der Waals surface area (Å²) in [5, 5.41) is 2.82. The number of aromatic nitrogens is 1. The van der Waals surface area contributed by atoms with Gasteiger partial charge in [0.25, 0.3) is 5.91 Å².